The summed E-state index contributed by atoms with van der Waals surface area (Å²) in [6, 6.07) is 26.0. The summed E-state index contributed by atoms with van der Waals surface area (Å²) in [6.07, 6.45) is 2.05. The number of aromatic nitrogens is 2. The van der Waals surface area contributed by atoms with Gasteiger partial charge >= 0.3 is 0 Å². The van der Waals surface area contributed by atoms with E-state index in [1.54, 1.807) is 0 Å². The van der Waals surface area contributed by atoms with Crippen LogP contribution >= 0.6 is 0 Å². The molecule has 4 rings (SSSR count). The molecule has 0 unspecified atom stereocenters. The van der Waals surface area contributed by atoms with Crippen molar-refractivity contribution in [3.05, 3.63) is 95.8 Å². The van der Waals surface area contributed by atoms with Gasteiger partial charge in [-0.25, -0.2) is 9.98 Å². The molecule has 164 valence electrons. The van der Waals surface area contributed by atoms with Crippen molar-refractivity contribution in [1.29, 1.82) is 0 Å². The van der Waals surface area contributed by atoms with Crippen LogP contribution in [-0.2, 0) is 11.5 Å². The summed E-state index contributed by atoms with van der Waals surface area (Å²) in [5.41, 5.74) is 5.86. The van der Waals surface area contributed by atoms with Crippen LogP contribution in [0.1, 0.15) is 16.8 Å². The molecule has 2 aromatic heterocycles. The van der Waals surface area contributed by atoms with Crippen LogP contribution in [0.3, 0.4) is 0 Å². The average molecular weight is 442 g/mol. The van der Waals surface area contributed by atoms with E-state index in [2.05, 4.69) is 66.8 Å². The van der Waals surface area contributed by atoms with Gasteiger partial charge in [-0.1, -0.05) is 80.3 Å². The summed E-state index contributed by atoms with van der Waals surface area (Å²) in [6.45, 7) is 10.5. The molecule has 4 nitrogen and oxygen atoms in total. The third-order valence-electron chi connectivity index (χ3n) is 5.45. The first-order chi connectivity index (χ1) is 15.4. The normalized spacial score (nSPS) is 11.6. The molecule has 0 spiro atoms. The summed E-state index contributed by atoms with van der Waals surface area (Å²) in [7, 11) is -1.09. The first kappa shape index (κ1) is 22.2. The molecule has 0 bridgehead atoms. The summed E-state index contributed by atoms with van der Waals surface area (Å²) >= 11 is 0. The second-order valence-corrected chi connectivity index (χ2v) is 15.0. The number of pyridine rings is 1. The third kappa shape index (κ3) is 5.42. The van der Waals surface area contributed by atoms with E-state index in [0.29, 0.717) is 6.73 Å². The summed E-state index contributed by atoms with van der Waals surface area (Å²) in [4.78, 5) is 9.97. The Morgan fingerprint density at radius 2 is 1.56 bits per heavy atom. The fraction of sp³-hybridized carbons (Fsp3) is 0.259. The Morgan fingerprint density at radius 1 is 0.938 bits per heavy atom. The lowest BCUT2D eigenvalue weighted by atomic mass is 10.0. The van der Waals surface area contributed by atoms with Gasteiger partial charge in [0.2, 0.25) is 0 Å². The molecule has 0 aliphatic heterocycles. The maximum atomic E-state index is 5.94. The number of aliphatic imine (C=N–C) groups is 1. The van der Waals surface area contributed by atoms with Gasteiger partial charge in [-0.2, -0.15) is 0 Å². The monoisotopic (exact) mass is 441 g/mol. The molecule has 0 atom stereocenters. The molecule has 0 amide bonds. The number of aryl methyl sites for hydroxylation is 1. The Morgan fingerprint density at radius 3 is 2.16 bits per heavy atom. The van der Waals surface area contributed by atoms with Crippen molar-refractivity contribution in [1.82, 2.24) is 9.55 Å². The summed E-state index contributed by atoms with van der Waals surface area (Å²) < 4.78 is 8.02. The quantitative estimate of drug-likeness (QED) is 0.171. The van der Waals surface area contributed by atoms with E-state index in [9.17, 15) is 0 Å². The predicted octanol–water partition coefficient (Wildman–Crippen LogP) is 6.83. The largest absolute Gasteiger partial charge is 0.361 e. The van der Waals surface area contributed by atoms with Crippen molar-refractivity contribution >= 4 is 30.5 Å². The lowest BCUT2D eigenvalue weighted by Gasteiger charge is -2.15. The smallest absolute Gasteiger partial charge is 0.142 e. The maximum absolute atomic E-state index is 5.94. The zero-order chi connectivity index (χ0) is 22.6. The SMILES string of the molecule is Cc1nc2c(ccn2COCC[Si](C)(C)C)cc1N=C(c1ccccc1)c1ccccc1. The van der Waals surface area contributed by atoms with Gasteiger partial charge in [0.1, 0.15) is 12.4 Å². The Labute approximate surface area is 191 Å². The van der Waals surface area contributed by atoms with Crippen molar-refractivity contribution < 1.29 is 4.74 Å². The Balaban J connectivity index is 1.65. The van der Waals surface area contributed by atoms with Crippen molar-refractivity contribution in [2.45, 2.75) is 39.3 Å². The molecule has 0 aliphatic rings. The van der Waals surface area contributed by atoms with Crippen molar-refractivity contribution in [3.63, 3.8) is 0 Å². The number of ether oxygens (including phenoxy) is 1. The molecule has 2 aromatic carbocycles. The lowest BCUT2D eigenvalue weighted by molar-refractivity contribution is 0.0899. The highest BCUT2D eigenvalue weighted by atomic mass is 28.3. The van der Waals surface area contributed by atoms with Gasteiger partial charge < -0.3 is 9.30 Å². The van der Waals surface area contributed by atoms with Gasteiger partial charge in [0, 0.05) is 37.4 Å². The third-order valence-corrected chi connectivity index (χ3v) is 7.16. The zero-order valence-corrected chi connectivity index (χ0v) is 20.4. The number of hydrogen-bond acceptors (Lipinski definition) is 3. The second kappa shape index (κ2) is 9.63. The minimum Gasteiger partial charge on any atom is -0.361 e. The Kier molecular flexibility index (Phi) is 6.68. The molecular weight excluding hydrogens is 410 g/mol. The van der Waals surface area contributed by atoms with Crippen molar-refractivity contribution in [2.24, 2.45) is 4.99 Å². The van der Waals surface area contributed by atoms with E-state index < -0.39 is 8.07 Å². The average Bonchev–Trinajstić information content (AvgIpc) is 3.17. The van der Waals surface area contributed by atoms with Gasteiger partial charge in [0.25, 0.3) is 0 Å². The fourth-order valence-electron chi connectivity index (χ4n) is 3.56. The topological polar surface area (TPSA) is 39.4 Å². The zero-order valence-electron chi connectivity index (χ0n) is 19.4. The number of nitrogens with zero attached hydrogens (tertiary/aromatic N) is 3. The minimum atomic E-state index is -1.09. The van der Waals surface area contributed by atoms with Crippen LogP contribution in [0.15, 0.2) is 84.0 Å². The summed E-state index contributed by atoms with van der Waals surface area (Å²) in [5, 5.41) is 1.07. The van der Waals surface area contributed by atoms with E-state index in [0.717, 1.165) is 45.9 Å². The van der Waals surface area contributed by atoms with E-state index in [-0.39, 0.29) is 0 Å². The highest BCUT2D eigenvalue weighted by Crippen LogP contribution is 2.26. The van der Waals surface area contributed by atoms with E-state index in [4.69, 9.17) is 14.7 Å². The van der Waals surface area contributed by atoms with Crippen molar-refractivity contribution in [3.8, 4) is 0 Å². The minimum absolute atomic E-state index is 0.530. The Bertz CT molecular complexity index is 1170. The van der Waals surface area contributed by atoms with E-state index >= 15 is 0 Å². The highest BCUT2D eigenvalue weighted by molar-refractivity contribution is 6.76. The van der Waals surface area contributed by atoms with Crippen LogP contribution in [0.2, 0.25) is 25.7 Å². The fourth-order valence-corrected chi connectivity index (χ4v) is 4.31. The van der Waals surface area contributed by atoms with Crippen LogP contribution in [0.4, 0.5) is 5.69 Å². The first-order valence-electron chi connectivity index (χ1n) is 11.1. The molecule has 0 saturated heterocycles. The molecule has 0 aliphatic carbocycles. The van der Waals surface area contributed by atoms with E-state index in [1.807, 2.05) is 43.3 Å². The number of hydrogen-bond donors (Lipinski definition) is 0. The standard InChI is InChI=1S/C27H31N3OSi/c1-21-25(29-26(22-11-7-5-8-12-22)23-13-9-6-10-14-23)19-24-15-16-30(27(24)28-21)20-31-17-18-32(2,3)4/h5-16,19H,17-18,20H2,1-4H3. The molecule has 0 radical (unpaired) electrons. The van der Waals surface area contributed by atoms with Crippen LogP contribution in [0, 0.1) is 6.92 Å². The van der Waals surface area contributed by atoms with Gasteiger partial charge in [-0.05, 0) is 25.1 Å². The predicted molar refractivity (Wildman–Crippen MR) is 137 cm³/mol. The van der Waals surface area contributed by atoms with Gasteiger partial charge in [0.15, 0.2) is 0 Å². The van der Waals surface area contributed by atoms with Crippen LogP contribution in [-0.4, -0.2) is 29.9 Å². The van der Waals surface area contributed by atoms with Crippen molar-refractivity contribution in [2.75, 3.05) is 6.61 Å². The number of benzene rings is 2. The highest BCUT2D eigenvalue weighted by Gasteiger charge is 2.13. The van der Waals surface area contributed by atoms with Crippen LogP contribution < -0.4 is 0 Å². The summed E-state index contributed by atoms with van der Waals surface area (Å²) in [5.74, 6) is 0. The van der Waals surface area contributed by atoms with Gasteiger partial charge in [-0.15, -0.1) is 0 Å². The van der Waals surface area contributed by atoms with Gasteiger partial charge in [-0.3, -0.25) is 0 Å². The first-order valence-corrected chi connectivity index (χ1v) is 14.9. The molecule has 4 aromatic rings. The van der Waals surface area contributed by atoms with Gasteiger partial charge in [0.05, 0.1) is 17.1 Å². The molecule has 0 fully saturated rings. The number of fused-ring (bicyclic) bond motifs is 1. The molecule has 32 heavy (non-hydrogen) atoms. The molecule has 0 N–H and O–H groups in total. The molecule has 0 saturated carbocycles. The van der Waals surface area contributed by atoms with E-state index in [1.165, 1.54) is 6.04 Å². The lowest BCUT2D eigenvalue weighted by Crippen LogP contribution is -2.22. The maximum Gasteiger partial charge on any atom is 0.142 e. The van der Waals surface area contributed by atoms with Crippen LogP contribution in [0.25, 0.3) is 11.0 Å². The Hall–Kier alpha value is -3.02. The van der Waals surface area contributed by atoms with Crippen LogP contribution in [0.5, 0.6) is 0 Å². The molecular formula is C27H31N3OSi. The number of rotatable bonds is 8. The second-order valence-electron chi connectivity index (χ2n) is 9.33. The molecule has 5 heteroatoms. The molecule has 2 heterocycles.